The maximum atomic E-state index is 15.0. The first-order valence-electron chi connectivity index (χ1n) is 8.80. The molecular weight excluding hydrogens is 380 g/mol. The number of hydrogen-bond donors (Lipinski definition) is 1. The average Bonchev–Trinajstić information content (AvgIpc) is 2.83. The number of rotatable bonds is 5. The molecule has 1 amide bonds. The Labute approximate surface area is 167 Å². The van der Waals surface area contributed by atoms with Crippen molar-refractivity contribution in [3.05, 3.63) is 52.3 Å². The van der Waals surface area contributed by atoms with Crippen molar-refractivity contribution in [2.24, 2.45) is 12.5 Å². The summed E-state index contributed by atoms with van der Waals surface area (Å²) in [6.45, 7) is 6.78. The van der Waals surface area contributed by atoms with Crippen LogP contribution < -0.4 is 5.32 Å². The van der Waals surface area contributed by atoms with Crippen molar-refractivity contribution < 1.29 is 23.2 Å². The highest BCUT2D eigenvalue weighted by Crippen LogP contribution is 2.25. The van der Waals surface area contributed by atoms with Crippen LogP contribution in [0.3, 0.4) is 0 Å². The number of anilines is 1. The number of amides is 1. The smallest absolute Gasteiger partial charge is 0.275 e. The number of aromatic nitrogens is 1. The number of nitriles is 1. The molecule has 0 aliphatic rings. The van der Waals surface area contributed by atoms with E-state index >= 15 is 0 Å². The molecule has 2 rings (SSSR count). The van der Waals surface area contributed by atoms with Crippen molar-refractivity contribution >= 4 is 23.2 Å². The van der Waals surface area contributed by atoms with Gasteiger partial charge in [-0.25, -0.2) is 8.78 Å². The summed E-state index contributed by atoms with van der Waals surface area (Å²) in [5.41, 5.74) is -1.40. The van der Waals surface area contributed by atoms with Crippen LogP contribution in [0.25, 0.3) is 0 Å². The molecule has 8 heteroatoms. The quantitative estimate of drug-likeness (QED) is 0.607. The van der Waals surface area contributed by atoms with Gasteiger partial charge in [-0.2, -0.15) is 5.26 Å². The third-order valence-corrected chi connectivity index (χ3v) is 4.36. The molecule has 0 aliphatic carbocycles. The van der Waals surface area contributed by atoms with Gasteiger partial charge in [-0.3, -0.25) is 14.4 Å². The van der Waals surface area contributed by atoms with E-state index in [-0.39, 0.29) is 23.4 Å². The van der Waals surface area contributed by atoms with Gasteiger partial charge in [-0.15, -0.1) is 0 Å². The number of nitrogens with zero attached hydrogens (tertiary/aromatic N) is 2. The highest BCUT2D eigenvalue weighted by atomic mass is 19.1. The predicted octanol–water partition coefficient (Wildman–Crippen LogP) is 3.92. The number of halogens is 2. The van der Waals surface area contributed by atoms with Crippen LogP contribution >= 0.6 is 0 Å². The lowest BCUT2D eigenvalue weighted by Gasteiger charge is -2.15. The monoisotopic (exact) mass is 401 g/mol. The van der Waals surface area contributed by atoms with E-state index in [4.69, 9.17) is 5.26 Å². The Morgan fingerprint density at radius 2 is 1.83 bits per heavy atom. The van der Waals surface area contributed by atoms with Gasteiger partial charge in [0.2, 0.25) is 11.6 Å². The van der Waals surface area contributed by atoms with Crippen LogP contribution in [0.1, 0.15) is 59.3 Å². The maximum Gasteiger partial charge on any atom is 0.275 e. The maximum absolute atomic E-state index is 15.0. The van der Waals surface area contributed by atoms with Crippen LogP contribution in [0.2, 0.25) is 0 Å². The van der Waals surface area contributed by atoms with Crippen molar-refractivity contribution in [3.63, 3.8) is 0 Å². The van der Waals surface area contributed by atoms with Crippen molar-refractivity contribution in [2.45, 2.75) is 34.1 Å². The summed E-state index contributed by atoms with van der Waals surface area (Å²) in [5.74, 6) is -4.48. The van der Waals surface area contributed by atoms with Gasteiger partial charge in [0, 0.05) is 24.8 Å². The molecule has 0 saturated heterocycles. The number of Topliss-reactive ketones (excluding diaryl/α,β-unsaturated/α-hetero) is 2. The van der Waals surface area contributed by atoms with Crippen molar-refractivity contribution in [1.82, 2.24) is 4.57 Å². The molecule has 1 aromatic carbocycles. The van der Waals surface area contributed by atoms with Gasteiger partial charge in [0.1, 0.15) is 17.6 Å². The Balaban J connectivity index is 2.39. The zero-order valence-corrected chi connectivity index (χ0v) is 16.8. The Kier molecular flexibility index (Phi) is 6.02. The largest absolute Gasteiger partial charge is 0.341 e. The first kappa shape index (κ1) is 22.0. The first-order chi connectivity index (χ1) is 13.4. The molecule has 6 nitrogen and oxygen atoms in total. The summed E-state index contributed by atoms with van der Waals surface area (Å²) in [7, 11) is 1.39. The van der Waals surface area contributed by atoms with E-state index in [1.54, 1.807) is 26.8 Å². The van der Waals surface area contributed by atoms with Crippen LogP contribution in [-0.4, -0.2) is 22.0 Å². The summed E-state index contributed by atoms with van der Waals surface area (Å²) in [6, 6.07) is 4.98. The van der Waals surface area contributed by atoms with Crippen molar-refractivity contribution in [2.75, 3.05) is 5.32 Å². The third-order valence-electron chi connectivity index (χ3n) is 4.36. The average molecular weight is 401 g/mol. The molecule has 0 spiro atoms. The summed E-state index contributed by atoms with van der Waals surface area (Å²) in [4.78, 5) is 37.4. The number of carbonyl (C=O) groups excluding carboxylic acids is 3. The van der Waals surface area contributed by atoms with Crippen LogP contribution in [0.5, 0.6) is 0 Å². The van der Waals surface area contributed by atoms with E-state index in [1.165, 1.54) is 24.6 Å². The van der Waals surface area contributed by atoms with Crippen LogP contribution in [0.15, 0.2) is 18.2 Å². The Hall–Kier alpha value is -3.34. The lowest BCUT2D eigenvalue weighted by Crippen LogP contribution is -2.22. The van der Waals surface area contributed by atoms with Gasteiger partial charge < -0.3 is 9.88 Å². The van der Waals surface area contributed by atoms with Gasteiger partial charge in [0.05, 0.1) is 11.1 Å². The zero-order valence-electron chi connectivity index (χ0n) is 16.8. The van der Waals surface area contributed by atoms with E-state index in [0.29, 0.717) is 0 Å². The molecule has 1 aromatic heterocycles. The highest BCUT2D eigenvalue weighted by molar-refractivity contribution is 6.44. The topological polar surface area (TPSA) is 92.0 Å². The second-order valence-corrected chi connectivity index (χ2v) is 7.93. The van der Waals surface area contributed by atoms with E-state index in [0.717, 1.165) is 12.1 Å². The fourth-order valence-corrected chi connectivity index (χ4v) is 2.86. The van der Waals surface area contributed by atoms with Crippen LogP contribution in [0.4, 0.5) is 14.5 Å². The molecule has 1 N–H and O–H groups in total. The molecule has 0 fully saturated rings. The lowest BCUT2D eigenvalue weighted by atomic mass is 9.87. The van der Waals surface area contributed by atoms with Crippen molar-refractivity contribution in [1.29, 1.82) is 5.26 Å². The third kappa shape index (κ3) is 4.57. The van der Waals surface area contributed by atoms with Gasteiger partial charge in [0.15, 0.2) is 5.82 Å². The molecule has 2 aromatic rings. The fourth-order valence-electron chi connectivity index (χ4n) is 2.86. The normalized spacial score (nSPS) is 11.1. The Morgan fingerprint density at radius 1 is 1.21 bits per heavy atom. The number of hydrogen-bond acceptors (Lipinski definition) is 4. The summed E-state index contributed by atoms with van der Waals surface area (Å²) < 4.78 is 29.6. The first-order valence-corrected chi connectivity index (χ1v) is 8.80. The summed E-state index contributed by atoms with van der Waals surface area (Å²) >= 11 is 0. The molecule has 0 bridgehead atoms. The Bertz CT molecular complexity index is 1060. The van der Waals surface area contributed by atoms with Crippen molar-refractivity contribution in [3.8, 4) is 6.07 Å². The molecule has 1 heterocycles. The molecule has 0 unspecified atom stereocenters. The number of ketones is 2. The minimum atomic E-state index is -1.10. The van der Waals surface area contributed by atoms with E-state index in [2.05, 4.69) is 5.32 Å². The van der Waals surface area contributed by atoms with Crippen LogP contribution in [0, 0.1) is 35.3 Å². The molecular formula is C21H21F2N3O3. The molecule has 0 saturated carbocycles. The van der Waals surface area contributed by atoms with Gasteiger partial charge in [-0.1, -0.05) is 20.8 Å². The summed E-state index contributed by atoms with van der Waals surface area (Å²) in [6.07, 6.45) is -0.0619. The Morgan fingerprint density at radius 3 is 2.38 bits per heavy atom. The second kappa shape index (κ2) is 7.95. The molecule has 0 radical (unpaired) electrons. The number of nitrogens with one attached hydrogen (secondary N) is 1. The molecule has 152 valence electrons. The van der Waals surface area contributed by atoms with Crippen LogP contribution in [-0.2, 0) is 11.8 Å². The highest BCUT2D eigenvalue weighted by Gasteiger charge is 2.32. The SMILES string of the molecule is Cc1c(C(=O)C(=O)CC(C)(C)C)c(F)c(C(=O)Nc2ccc(F)c(C#N)c2)n1C. The van der Waals surface area contributed by atoms with Gasteiger partial charge in [0.25, 0.3) is 5.91 Å². The predicted molar refractivity (Wildman–Crippen MR) is 103 cm³/mol. The van der Waals surface area contributed by atoms with E-state index in [9.17, 15) is 23.2 Å². The van der Waals surface area contributed by atoms with Gasteiger partial charge in [-0.05, 0) is 30.5 Å². The standard InChI is InChI=1S/C21H21F2N3O3/c1-11-16(19(28)15(27)9-21(2,3)4)17(23)18(26(11)5)20(29)25-13-6-7-14(22)12(8-13)10-24/h6-8H,9H2,1-5H3,(H,25,29). The molecule has 0 atom stereocenters. The van der Waals surface area contributed by atoms with E-state index in [1.807, 2.05) is 0 Å². The lowest BCUT2D eigenvalue weighted by molar-refractivity contribution is -0.116. The zero-order chi connectivity index (χ0) is 22.1. The second-order valence-electron chi connectivity index (χ2n) is 7.93. The minimum absolute atomic E-state index is 0.0619. The minimum Gasteiger partial charge on any atom is -0.341 e. The summed E-state index contributed by atoms with van der Waals surface area (Å²) in [5, 5.41) is 11.3. The number of benzene rings is 1. The molecule has 0 aliphatic heterocycles. The fraction of sp³-hybridized carbons (Fsp3) is 0.333. The van der Waals surface area contributed by atoms with E-state index < -0.39 is 45.8 Å². The number of carbonyl (C=O) groups is 3. The van der Waals surface area contributed by atoms with Gasteiger partial charge >= 0.3 is 0 Å². The molecule has 29 heavy (non-hydrogen) atoms.